The Morgan fingerprint density at radius 2 is 1.81 bits per heavy atom. The molecule has 0 fully saturated rings. The van der Waals surface area contributed by atoms with Crippen molar-refractivity contribution in [2.45, 2.75) is 46.7 Å². The first kappa shape index (κ1) is 16.1. The van der Waals surface area contributed by atoms with Crippen LogP contribution in [0.1, 0.15) is 42.2 Å². The lowest BCUT2D eigenvalue weighted by molar-refractivity contribution is 0.582. The van der Waals surface area contributed by atoms with Crippen molar-refractivity contribution in [2.24, 2.45) is 0 Å². The Bertz CT molecular complexity index is 600. The maximum atomic E-state index is 4.67. The van der Waals surface area contributed by atoms with Crippen LogP contribution in [0.2, 0.25) is 0 Å². The van der Waals surface area contributed by atoms with E-state index in [-0.39, 0.29) is 0 Å². The van der Waals surface area contributed by atoms with Gasteiger partial charge in [0.1, 0.15) is 5.82 Å². The predicted octanol–water partition coefficient (Wildman–Crippen LogP) is 3.94. The van der Waals surface area contributed by atoms with Crippen molar-refractivity contribution in [3.8, 4) is 0 Å². The number of hydrogen-bond acceptors (Lipinski definition) is 3. The highest BCUT2D eigenvalue weighted by Crippen LogP contribution is 2.16. The molecule has 0 aliphatic carbocycles. The van der Waals surface area contributed by atoms with Crippen LogP contribution in [0.3, 0.4) is 0 Å². The van der Waals surface area contributed by atoms with Gasteiger partial charge in [0.15, 0.2) is 0 Å². The highest BCUT2D eigenvalue weighted by Gasteiger charge is 2.09. The number of aryl methyl sites for hydroxylation is 2. The van der Waals surface area contributed by atoms with E-state index in [1.54, 1.807) is 0 Å². The third-order valence-electron chi connectivity index (χ3n) is 3.41. The van der Waals surface area contributed by atoms with E-state index in [4.69, 9.17) is 0 Å². The lowest BCUT2D eigenvalue weighted by Gasteiger charge is -2.13. The molecule has 1 aromatic heterocycles. The molecule has 21 heavy (non-hydrogen) atoms. The van der Waals surface area contributed by atoms with Gasteiger partial charge in [-0.25, -0.2) is 9.97 Å². The van der Waals surface area contributed by atoms with Crippen molar-refractivity contribution in [3.05, 3.63) is 57.1 Å². The molecule has 0 radical (unpaired) electrons. The summed E-state index contributed by atoms with van der Waals surface area (Å²) in [6.07, 6.45) is 0.763. The summed E-state index contributed by atoms with van der Waals surface area (Å²) in [7, 11) is 0. The summed E-state index contributed by atoms with van der Waals surface area (Å²) in [6, 6.07) is 8.75. The summed E-state index contributed by atoms with van der Waals surface area (Å²) in [5.41, 5.74) is 4.57. The van der Waals surface area contributed by atoms with Crippen LogP contribution in [0.25, 0.3) is 0 Å². The normalized spacial score (nSPS) is 11.1. The summed E-state index contributed by atoms with van der Waals surface area (Å²) in [6.45, 7) is 9.25. The molecule has 0 saturated carbocycles. The Hall–Kier alpha value is -1.26. The van der Waals surface area contributed by atoms with E-state index < -0.39 is 0 Å². The largest absolute Gasteiger partial charge is 0.310 e. The standard InChI is InChI=1S/C17H22BrN3/c1-11(2)19-10-16-12(3)20-17(21-13(16)4)9-14-6-5-7-15(18)8-14/h5-8,11,19H,9-10H2,1-4H3. The molecule has 0 amide bonds. The van der Waals surface area contributed by atoms with E-state index in [0.717, 1.165) is 34.7 Å². The Morgan fingerprint density at radius 1 is 1.14 bits per heavy atom. The first-order chi connectivity index (χ1) is 9.95. The molecule has 0 bridgehead atoms. The van der Waals surface area contributed by atoms with E-state index in [1.165, 1.54) is 11.1 Å². The maximum Gasteiger partial charge on any atom is 0.133 e. The van der Waals surface area contributed by atoms with E-state index in [1.807, 2.05) is 12.1 Å². The predicted molar refractivity (Wildman–Crippen MR) is 90.4 cm³/mol. The fourth-order valence-corrected chi connectivity index (χ4v) is 2.73. The molecule has 2 aromatic rings. The molecule has 1 heterocycles. The number of hydrogen-bond donors (Lipinski definition) is 1. The van der Waals surface area contributed by atoms with Crippen molar-refractivity contribution in [2.75, 3.05) is 0 Å². The van der Waals surface area contributed by atoms with Gasteiger partial charge >= 0.3 is 0 Å². The zero-order chi connectivity index (χ0) is 15.4. The Kier molecular flexibility index (Phi) is 5.48. The van der Waals surface area contributed by atoms with Crippen LogP contribution in [0.15, 0.2) is 28.7 Å². The van der Waals surface area contributed by atoms with Gasteiger partial charge in [-0.05, 0) is 31.5 Å². The molecule has 0 aliphatic heterocycles. The van der Waals surface area contributed by atoms with Gasteiger partial charge in [0.25, 0.3) is 0 Å². The van der Waals surface area contributed by atoms with Crippen molar-refractivity contribution in [3.63, 3.8) is 0 Å². The van der Waals surface area contributed by atoms with Crippen molar-refractivity contribution in [1.82, 2.24) is 15.3 Å². The highest BCUT2D eigenvalue weighted by atomic mass is 79.9. The van der Waals surface area contributed by atoms with Crippen LogP contribution < -0.4 is 5.32 Å². The Balaban J connectivity index is 2.19. The molecule has 0 spiro atoms. The van der Waals surface area contributed by atoms with E-state index in [9.17, 15) is 0 Å². The minimum atomic E-state index is 0.463. The van der Waals surface area contributed by atoms with Gasteiger partial charge in [-0.3, -0.25) is 0 Å². The smallest absolute Gasteiger partial charge is 0.133 e. The quantitative estimate of drug-likeness (QED) is 0.889. The van der Waals surface area contributed by atoms with Gasteiger partial charge < -0.3 is 5.32 Å². The lowest BCUT2D eigenvalue weighted by atomic mass is 10.1. The summed E-state index contributed by atoms with van der Waals surface area (Å²) in [5, 5.41) is 3.43. The second kappa shape index (κ2) is 7.14. The molecular formula is C17H22BrN3. The molecule has 0 unspecified atom stereocenters. The molecule has 112 valence electrons. The van der Waals surface area contributed by atoms with Crippen LogP contribution in [-0.2, 0) is 13.0 Å². The Labute approximate surface area is 135 Å². The number of halogens is 1. The Morgan fingerprint density at radius 3 is 2.38 bits per heavy atom. The third kappa shape index (κ3) is 4.61. The molecule has 0 saturated heterocycles. The second-order valence-corrected chi connectivity index (χ2v) is 6.55. The van der Waals surface area contributed by atoms with Crippen LogP contribution in [0.4, 0.5) is 0 Å². The number of benzene rings is 1. The third-order valence-corrected chi connectivity index (χ3v) is 3.90. The fourth-order valence-electron chi connectivity index (χ4n) is 2.28. The van der Waals surface area contributed by atoms with Gasteiger partial charge in [0, 0.05) is 40.4 Å². The lowest BCUT2D eigenvalue weighted by Crippen LogP contribution is -2.23. The summed E-state index contributed by atoms with van der Waals surface area (Å²) in [5.74, 6) is 0.886. The molecule has 0 atom stereocenters. The minimum Gasteiger partial charge on any atom is -0.310 e. The van der Waals surface area contributed by atoms with Gasteiger partial charge in [0.05, 0.1) is 0 Å². The molecule has 2 rings (SSSR count). The minimum absolute atomic E-state index is 0.463. The average molecular weight is 348 g/mol. The van der Waals surface area contributed by atoms with Crippen molar-refractivity contribution < 1.29 is 0 Å². The summed E-state index contributed by atoms with van der Waals surface area (Å²) >= 11 is 3.50. The molecule has 0 aliphatic rings. The first-order valence-corrected chi connectivity index (χ1v) is 8.06. The SMILES string of the molecule is Cc1nc(Cc2cccc(Br)c2)nc(C)c1CNC(C)C. The van der Waals surface area contributed by atoms with E-state index in [0.29, 0.717) is 6.04 Å². The summed E-state index contributed by atoms with van der Waals surface area (Å²) < 4.78 is 1.09. The van der Waals surface area contributed by atoms with E-state index >= 15 is 0 Å². The first-order valence-electron chi connectivity index (χ1n) is 7.26. The van der Waals surface area contributed by atoms with Gasteiger partial charge in [0.2, 0.25) is 0 Å². The second-order valence-electron chi connectivity index (χ2n) is 5.63. The fraction of sp³-hybridized carbons (Fsp3) is 0.412. The number of aromatic nitrogens is 2. The van der Waals surface area contributed by atoms with E-state index in [2.05, 4.69) is 71.0 Å². The van der Waals surface area contributed by atoms with Crippen LogP contribution in [0.5, 0.6) is 0 Å². The molecule has 1 N–H and O–H groups in total. The molecule has 4 heteroatoms. The number of nitrogens with zero attached hydrogens (tertiary/aromatic N) is 2. The van der Waals surface area contributed by atoms with Crippen LogP contribution in [0, 0.1) is 13.8 Å². The van der Waals surface area contributed by atoms with Crippen molar-refractivity contribution in [1.29, 1.82) is 0 Å². The zero-order valence-electron chi connectivity index (χ0n) is 13.1. The highest BCUT2D eigenvalue weighted by molar-refractivity contribution is 9.10. The molecular weight excluding hydrogens is 326 g/mol. The van der Waals surface area contributed by atoms with Gasteiger partial charge in [-0.2, -0.15) is 0 Å². The summed E-state index contributed by atoms with van der Waals surface area (Å²) in [4.78, 5) is 9.34. The van der Waals surface area contributed by atoms with Gasteiger partial charge in [-0.15, -0.1) is 0 Å². The number of rotatable bonds is 5. The van der Waals surface area contributed by atoms with Gasteiger partial charge in [-0.1, -0.05) is 41.9 Å². The zero-order valence-corrected chi connectivity index (χ0v) is 14.7. The average Bonchev–Trinajstić information content (AvgIpc) is 2.37. The molecule has 1 aromatic carbocycles. The van der Waals surface area contributed by atoms with Crippen molar-refractivity contribution >= 4 is 15.9 Å². The monoisotopic (exact) mass is 347 g/mol. The van der Waals surface area contributed by atoms with Crippen LogP contribution in [-0.4, -0.2) is 16.0 Å². The van der Waals surface area contributed by atoms with Crippen LogP contribution >= 0.6 is 15.9 Å². The number of nitrogens with one attached hydrogen (secondary N) is 1. The molecule has 3 nitrogen and oxygen atoms in total. The maximum absolute atomic E-state index is 4.67. The topological polar surface area (TPSA) is 37.8 Å².